The maximum Gasteiger partial charge on any atom is 0.101 e. The Bertz CT molecular complexity index is 422. The first-order valence-electron chi connectivity index (χ1n) is 6.35. The van der Waals surface area contributed by atoms with Crippen LogP contribution in [0.5, 0.6) is 0 Å². The molecule has 0 aliphatic carbocycles. The molecule has 1 rings (SSSR count). The van der Waals surface area contributed by atoms with Crippen LogP contribution in [-0.4, -0.2) is 24.3 Å². The van der Waals surface area contributed by atoms with Crippen LogP contribution < -0.4 is 10.6 Å². The van der Waals surface area contributed by atoms with Crippen LogP contribution in [0.15, 0.2) is 18.2 Å². The van der Waals surface area contributed by atoms with Gasteiger partial charge in [-0.15, -0.1) is 0 Å². The Morgan fingerprint density at radius 3 is 2.56 bits per heavy atom. The zero-order valence-corrected chi connectivity index (χ0v) is 11.1. The predicted octanol–water partition coefficient (Wildman–Crippen LogP) is 2.13. The molecule has 0 unspecified atom stereocenters. The third-order valence-corrected chi connectivity index (χ3v) is 3.24. The number of nitrogen functional groups attached to an aromatic ring is 1. The molecule has 0 amide bonds. The van der Waals surface area contributed by atoms with Gasteiger partial charge in [-0.1, -0.05) is 19.9 Å². The predicted molar refractivity (Wildman–Crippen MR) is 74.4 cm³/mol. The van der Waals surface area contributed by atoms with Crippen molar-refractivity contribution >= 4 is 11.4 Å². The van der Waals surface area contributed by atoms with E-state index < -0.39 is 0 Å². The number of benzene rings is 1. The fourth-order valence-corrected chi connectivity index (χ4v) is 2.24. The first-order valence-corrected chi connectivity index (χ1v) is 6.35. The number of aliphatic hydroxyl groups is 1. The van der Waals surface area contributed by atoms with E-state index >= 15 is 0 Å². The van der Waals surface area contributed by atoms with E-state index in [1.165, 1.54) is 0 Å². The number of hydrogen-bond donors (Lipinski definition) is 2. The molecule has 0 saturated heterocycles. The van der Waals surface area contributed by atoms with Crippen molar-refractivity contribution in [1.82, 2.24) is 0 Å². The average molecular weight is 247 g/mol. The van der Waals surface area contributed by atoms with E-state index in [0.29, 0.717) is 23.8 Å². The van der Waals surface area contributed by atoms with Crippen LogP contribution in [0.25, 0.3) is 0 Å². The normalized spacial score (nSPS) is 10.4. The van der Waals surface area contributed by atoms with Crippen LogP contribution >= 0.6 is 0 Å². The monoisotopic (exact) mass is 247 g/mol. The van der Waals surface area contributed by atoms with Gasteiger partial charge in [0.2, 0.25) is 0 Å². The number of para-hydroxylation sites is 1. The Labute approximate surface area is 109 Å². The van der Waals surface area contributed by atoms with E-state index in [2.05, 4.69) is 24.8 Å². The van der Waals surface area contributed by atoms with Crippen LogP contribution in [0.1, 0.15) is 32.3 Å². The molecule has 4 heteroatoms. The topological polar surface area (TPSA) is 73.3 Å². The Kier molecular flexibility index (Phi) is 5.47. The van der Waals surface area contributed by atoms with Crippen LogP contribution in [0.2, 0.25) is 0 Å². The zero-order chi connectivity index (χ0) is 13.5. The summed E-state index contributed by atoms with van der Waals surface area (Å²) in [6, 6.07) is 7.87. The smallest absolute Gasteiger partial charge is 0.101 e. The Morgan fingerprint density at radius 1 is 1.39 bits per heavy atom. The second kappa shape index (κ2) is 6.87. The van der Waals surface area contributed by atoms with Crippen molar-refractivity contribution in [3.05, 3.63) is 23.8 Å². The molecule has 0 atom stereocenters. The molecule has 1 aromatic rings. The number of nitriles is 1. The summed E-state index contributed by atoms with van der Waals surface area (Å²) in [7, 11) is 0. The van der Waals surface area contributed by atoms with Crippen LogP contribution in [0.4, 0.5) is 11.4 Å². The molecular weight excluding hydrogens is 226 g/mol. The first-order chi connectivity index (χ1) is 8.69. The molecule has 0 spiro atoms. The van der Waals surface area contributed by atoms with Crippen molar-refractivity contribution in [2.24, 2.45) is 0 Å². The highest BCUT2D eigenvalue weighted by atomic mass is 16.3. The maximum atomic E-state index is 9.21. The highest BCUT2D eigenvalue weighted by Crippen LogP contribution is 2.29. The lowest BCUT2D eigenvalue weighted by molar-refractivity contribution is 0.296. The van der Waals surface area contributed by atoms with Gasteiger partial charge in [0.05, 0.1) is 23.5 Å². The molecule has 0 saturated carbocycles. The summed E-state index contributed by atoms with van der Waals surface area (Å²) in [4.78, 5) is 2.09. The number of nitrogens with two attached hydrogens (primary N) is 1. The van der Waals surface area contributed by atoms with Crippen LogP contribution in [0.3, 0.4) is 0 Å². The van der Waals surface area contributed by atoms with Gasteiger partial charge in [-0.25, -0.2) is 0 Å². The summed E-state index contributed by atoms with van der Waals surface area (Å²) in [5.41, 5.74) is 7.86. The summed E-state index contributed by atoms with van der Waals surface area (Å²) in [6.45, 7) is 4.84. The van der Waals surface area contributed by atoms with Crippen LogP contribution in [0, 0.1) is 11.3 Å². The van der Waals surface area contributed by atoms with E-state index in [0.717, 1.165) is 18.5 Å². The van der Waals surface area contributed by atoms with Gasteiger partial charge in [-0.3, -0.25) is 0 Å². The lowest BCUT2D eigenvalue weighted by Gasteiger charge is -2.33. The highest BCUT2D eigenvalue weighted by Gasteiger charge is 2.18. The summed E-state index contributed by atoms with van der Waals surface area (Å²) in [6.07, 6.45) is 1.96. The van der Waals surface area contributed by atoms with Crippen molar-refractivity contribution in [2.75, 3.05) is 23.8 Å². The second-order valence-corrected chi connectivity index (χ2v) is 4.24. The highest BCUT2D eigenvalue weighted by molar-refractivity contribution is 5.74. The minimum atomic E-state index is 0.0761. The molecule has 18 heavy (non-hydrogen) atoms. The van der Waals surface area contributed by atoms with E-state index in [1.807, 2.05) is 12.1 Å². The van der Waals surface area contributed by atoms with Gasteiger partial charge >= 0.3 is 0 Å². The Hall–Kier alpha value is -1.73. The van der Waals surface area contributed by atoms with Gasteiger partial charge in [-0.05, 0) is 25.0 Å². The van der Waals surface area contributed by atoms with Crippen molar-refractivity contribution in [3.63, 3.8) is 0 Å². The third kappa shape index (κ3) is 2.93. The fraction of sp³-hybridized carbons (Fsp3) is 0.500. The largest absolute Gasteiger partial charge is 0.396 e. The van der Waals surface area contributed by atoms with Gasteiger partial charge in [-0.2, -0.15) is 5.26 Å². The molecule has 4 nitrogen and oxygen atoms in total. The van der Waals surface area contributed by atoms with Gasteiger partial charge in [0.15, 0.2) is 0 Å². The SMILES string of the molecule is CCC(CC)N(CCO)c1cccc(C#N)c1N. The molecule has 0 radical (unpaired) electrons. The van der Waals surface area contributed by atoms with E-state index in [4.69, 9.17) is 11.0 Å². The number of rotatable bonds is 6. The van der Waals surface area contributed by atoms with Gasteiger partial charge in [0.25, 0.3) is 0 Å². The minimum Gasteiger partial charge on any atom is -0.396 e. The molecule has 1 aromatic carbocycles. The van der Waals surface area contributed by atoms with Crippen molar-refractivity contribution in [3.8, 4) is 6.07 Å². The molecule has 0 aromatic heterocycles. The number of nitrogens with zero attached hydrogens (tertiary/aromatic N) is 2. The molecule has 98 valence electrons. The van der Waals surface area contributed by atoms with E-state index in [-0.39, 0.29) is 6.61 Å². The molecular formula is C14H21N3O. The first kappa shape index (κ1) is 14.3. The van der Waals surface area contributed by atoms with Gasteiger partial charge < -0.3 is 15.7 Å². The Balaban J connectivity index is 3.17. The minimum absolute atomic E-state index is 0.0761. The van der Waals surface area contributed by atoms with Crippen molar-refractivity contribution in [2.45, 2.75) is 32.7 Å². The van der Waals surface area contributed by atoms with Gasteiger partial charge in [0, 0.05) is 12.6 Å². The molecule has 0 aliphatic rings. The molecule has 0 aliphatic heterocycles. The number of aliphatic hydroxyl groups excluding tert-OH is 1. The Morgan fingerprint density at radius 2 is 2.06 bits per heavy atom. The maximum absolute atomic E-state index is 9.21. The molecule has 0 fully saturated rings. The summed E-state index contributed by atoms with van der Waals surface area (Å²) in [5, 5.41) is 18.2. The zero-order valence-electron chi connectivity index (χ0n) is 11.1. The van der Waals surface area contributed by atoms with Crippen LogP contribution in [-0.2, 0) is 0 Å². The summed E-state index contributed by atoms with van der Waals surface area (Å²) < 4.78 is 0. The number of anilines is 2. The average Bonchev–Trinajstić information content (AvgIpc) is 2.39. The number of hydrogen-bond acceptors (Lipinski definition) is 4. The third-order valence-electron chi connectivity index (χ3n) is 3.24. The summed E-state index contributed by atoms with van der Waals surface area (Å²) in [5.74, 6) is 0. The summed E-state index contributed by atoms with van der Waals surface area (Å²) >= 11 is 0. The van der Waals surface area contributed by atoms with Crippen molar-refractivity contribution < 1.29 is 5.11 Å². The molecule has 0 bridgehead atoms. The lowest BCUT2D eigenvalue weighted by atomic mass is 10.1. The molecule has 0 heterocycles. The van der Waals surface area contributed by atoms with E-state index in [1.54, 1.807) is 6.07 Å². The lowest BCUT2D eigenvalue weighted by Crippen LogP contribution is -2.37. The fourth-order valence-electron chi connectivity index (χ4n) is 2.24. The van der Waals surface area contributed by atoms with Gasteiger partial charge in [0.1, 0.15) is 6.07 Å². The standard InChI is InChI=1S/C14H21N3O/c1-3-12(4-2)17(8-9-18)13-7-5-6-11(10-15)14(13)16/h5-7,12,18H,3-4,8-9,16H2,1-2H3. The van der Waals surface area contributed by atoms with E-state index in [9.17, 15) is 5.11 Å². The van der Waals surface area contributed by atoms with Crippen molar-refractivity contribution in [1.29, 1.82) is 5.26 Å². The second-order valence-electron chi connectivity index (χ2n) is 4.24. The molecule has 3 N–H and O–H groups in total. The quantitative estimate of drug-likeness (QED) is 0.755.